The number of aromatic nitrogens is 2. The van der Waals surface area contributed by atoms with Gasteiger partial charge in [-0.1, -0.05) is 5.16 Å². The molecule has 1 aromatic heterocycles. The third-order valence-corrected chi connectivity index (χ3v) is 7.02. The average molecular weight is 435 g/mol. The predicted molar refractivity (Wildman–Crippen MR) is 103 cm³/mol. The Hall–Kier alpha value is -2.85. The number of hydrogen-bond donors (Lipinski definition) is 0. The minimum atomic E-state index is -4.13. The fraction of sp³-hybridized carbons (Fsp3) is 0.300. The van der Waals surface area contributed by atoms with Crippen LogP contribution in [0, 0.1) is 11.6 Å². The summed E-state index contributed by atoms with van der Waals surface area (Å²) in [6, 6.07) is 9.62. The lowest BCUT2D eigenvalue weighted by Crippen LogP contribution is -2.38. The fourth-order valence-corrected chi connectivity index (χ4v) is 4.96. The van der Waals surface area contributed by atoms with E-state index in [0.29, 0.717) is 36.4 Å². The molecule has 0 spiro atoms. The number of sulfonamides is 1. The van der Waals surface area contributed by atoms with Crippen molar-refractivity contribution in [2.24, 2.45) is 0 Å². The van der Waals surface area contributed by atoms with Crippen molar-refractivity contribution in [3.63, 3.8) is 0 Å². The molecule has 30 heavy (non-hydrogen) atoms. The van der Waals surface area contributed by atoms with Crippen LogP contribution in [0.4, 0.5) is 8.78 Å². The van der Waals surface area contributed by atoms with Crippen LogP contribution in [0.2, 0.25) is 0 Å². The summed E-state index contributed by atoms with van der Waals surface area (Å²) in [4.78, 5) is 3.78. The van der Waals surface area contributed by atoms with Gasteiger partial charge in [0, 0.05) is 24.6 Å². The van der Waals surface area contributed by atoms with Gasteiger partial charge in [0.25, 0.3) is 0 Å². The number of halogens is 2. The van der Waals surface area contributed by atoms with Gasteiger partial charge in [-0.2, -0.15) is 9.29 Å². The van der Waals surface area contributed by atoms with Crippen molar-refractivity contribution in [1.29, 1.82) is 0 Å². The van der Waals surface area contributed by atoms with Gasteiger partial charge in [-0.05, 0) is 55.3 Å². The number of rotatable bonds is 5. The summed E-state index contributed by atoms with van der Waals surface area (Å²) >= 11 is 0. The van der Waals surface area contributed by atoms with E-state index in [1.54, 1.807) is 19.2 Å². The fourth-order valence-electron chi connectivity index (χ4n) is 3.42. The molecule has 1 fully saturated rings. The molecule has 3 aromatic rings. The van der Waals surface area contributed by atoms with Crippen LogP contribution < -0.4 is 4.74 Å². The van der Waals surface area contributed by atoms with Crippen LogP contribution in [0.5, 0.6) is 5.75 Å². The molecule has 2 aromatic carbocycles. The van der Waals surface area contributed by atoms with Gasteiger partial charge in [-0.15, -0.1) is 0 Å². The molecule has 0 aliphatic carbocycles. The van der Waals surface area contributed by atoms with Crippen LogP contribution >= 0.6 is 0 Å². The van der Waals surface area contributed by atoms with Gasteiger partial charge in [-0.25, -0.2) is 17.2 Å². The smallest absolute Gasteiger partial charge is 0.246 e. The molecule has 0 radical (unpaired) electrons. The van der Waals surface area contributed by atoms with E-state index in [-0.39, 0.29) is 19.0 Å². The van der Waals surface area contributed by atoms with E-state index in [0.717, 1.165) is 22.0 Å². The molecule has 4 rings (SSSR count). The number of ether oxygens (including phenoxy) is 1. The number of benzene rings is 2. The first kappa shape index (κ1) is 20.4. The molecule has 0 saturated carbocycles. The Bertz CT molecular complexity index is 1140. The van der Waals surface area contributed by atoms with Gasteiger partial charge in [0.1, 0.15) is 22.3 Å². The van der Waals surface area contributed by atoms with Crippen molar-refractivity contribution in [3.8, 4) is 17.1 Å². The van der Waals surface area contributed by atoms with E-state index in [2.05, 4.69) is 10.1 Å². The lowest BCUT2D eigenvalue weighted by molar-refractivity contribution is 0.270. The van der Waals surface area contributed by atoms with Crippen LogP contribution in [0.15, 0.2) is 51.9 Å². The van der Waals surface area contributed by atoms with Crippen LogP contribution in [-0.2, 0) is 10.0 Å². The van der Waals surface area contributed by atoms with E-state index < -0.39 is 26.6 Å². The Kier molecular flexibility index (Phi) is 5.52. The number of hydrogen-bond acceptors (Lipinski definition) is 6. The van der Waals surface area contributed by atoms with Gasteiger partial charge in [0.2, 0.25) is 21.7 Å². The highest BCUT2D eigenvalue weighted by Crippen LogP contribution is 2.32. The number of methoxy groups -OCH3 is 1. The molecule has 1 aliphatic heterocycles. The molecule has 0 bridgehead atoms. The lowest BCUT2D eigenvalue weighted by Gasteiger charge is -2.29. The molecule has 1 aliphatic rings. The van der Waals surface area contributed by atoms with Crippen molar-refractivity contribution < 1.29 is 26.5 Å². The van der Waals surface area contributed by atoms with Crippen LogP contribution in [0.1, 0.15) is 24.7 Å². The van der Waals surface area contributed by atoms with Crippen molar-refractivity contribution in [2.75, 3.05) is 20.2 Å². The molecular weight excluding hydrogens is 416 g/mol. The Morgan fingerprint density at radius 3 is 2.47 bits per heavy atom. The average Bonchev–Trinajstić information content (AvgIpc) is 3.26. The normalized spacial score (nSPS) is 16.0. The molecule has 1 saturated heterocycles. The highest BCUT2D eigenvalue weighted by Gasteiger charge is 2.34. The SMILES string of the molecule is COc1ccc(-c2noc(C3CCN(S(=O)(=O)c4cc(F)ccc4F)CC3)n2)cc1. The highest BCUT2D eigenvalue weighted by atomic mass is 32.2. The minimum Gasteiger partial charge on any atom is -0.497 e. The number of nitrogens with zero attached hydrogens (tertiary/aromatic N) is 3. The third kappa shape index (κ3) is 3.92. The maximum absolute atomic E-state index is 14.0. The van der Waals surface area contributed by atoms with E-state index >= 15 is 0 Å². The Balaban J connectivity index is 1.46. The Morgan fingerprint density at radius 2 is 1.80 bits per heavy atom. The molecule has 0 atom stereocenters. The Morgan fingerprint density at radius 1 is 1.10 bits per heavy atom. The van der Waals surface area contributed by atoms with Gasteiger partial charge in [-0.3, -0.25) is 0 Å². The van der Waals surface area contributed by atoms with Crippen molar-refractivity contribution >= 4 is 10.0 Å². The van der Waals surface area contributed by atoms with E-state index in [1.807, 2.05) is 12.1 Å². The van der Waals surface area contributed by atoms with Crippen LogP contribution in [0.25, 0.3) is 11.4 Å². The predicted octanol–water partition coefficient (Wildman–Crippen LogP) is 3.59. The topological polar surface area (TPSA) is 85.5 Å². The summed E-state index contributed by atoms with van der Waals surface area (Å²) in [6.07, 6.45) is 0.862. The zero-order chi connectivity index (χ0) is 21.3. The second-order valence-corrected chi connectivity index (χ2v) is 8.84. The van der Waals surface area contributed by atoms with Crippen molar-refractivity contribution in [2.45, 2.75) is 23.7 Å². The molecule has 158 valence electrons. The molecule has 10 heteroatoms. The first-order valence-electron chi connectivity index (χ1n) is 9.31. The summed E-state index contributed by atoms with van der Waals surface area (Å²) in [6.45, 7) is 0.284. The first-order chi connectivity index (χ1) is 14.4. The molecule has 7 nitrogen and oxygen atoms in total. The summed E-state index contributed by atoms with van der Waals surface area (Å²) in [5.41, 5.74) is 0.771. The van der Waals surface area contributed by atoms with Gasteiger partial charge >= 0.3 is 0 Å². The second kappa shape index (κ2) is 8.11. The van der Waals surface area contributed by atoms with Crippen LogP contribution in [-0.4, -0.2) is 43.1 Å². The number of piperidine rings is 1. The van der Waals surface area contributed by atoms with Crippen molar-refractivity contribution in [3.05, 3.63) is 60.0 Å². The standard InChI is InChI=1S/C20H19F2N3O4S/c1-28-16-5-2-13(3-6-16)19-23-20(29-24-19)14-8-10-25(11-9-14)30(26,27)18-12-15(21)4-7-17(18)22/h2-7,12,14H,8-11H2,1H3. The third-order valence-electron chi connectivity index (χ3n) is 5.10. The zero-order valence-corrected chi connectivity index (χ0v) is 16.9. The van der Waals surface area contributed by atoms with E-state index in [4.69, 9.17) is 9.26 Å². The first-order valence-corrected chi connectivity index (χ1v) is 10.8. The van der Waals surface area contributed by atoms with E-state index in [1.165, 1.54) is 0 Å². The Labute approximate surface area is 172 Å². The van der Waals surface area contributed by atoms with Gasteiger partial charge in [0.05, 0.1) is 7.11 Å². The second-order valence-electron chi connectivity index (χ2n) is 6.94. The van der Waals surface area contributed by atoms with Gasteiger partial charge < -0.3 is 9.26 Å². The molecule has 2 heterocycles. The molecular formula is C20H19F2N3O4S. The van der Waals surface area contributed by atoms with Crippen LogP contribution in [0.3, 0.4) is 0 Å². The zero-order valence-electron chi connectivity index (χ0n) is 16.1. The summed E-state index contributed by atoms with van der Waals surface area (Å²) in [5.74, 6) is -0.320. The lowest BCUT2D eigenvalue weighted by atomic mass is 9.98. The highest BCUT2D eigenvalue weighted by molar-refractivity contribution is 7.89. The molecule has 0 N–H and O–H groups in total. The summed E-state index contributed by atoms with van der Waals surface area (Å²) in [7, 11) is -2.55. The van der Waals surface area contributed by atoms with E-state index in [9.17, 15) is 17.2 Å². The quantitative estimate of drug-likeness (QED) is 0.609. The molecule has 0 unspecified atom stereocenters. The molecule has 0 amide bonds. The van der Waals surface area contributed by atoms with Gasteiger partial charge in [0.15, 0.2) is 0 Å². The monoisotopic (exact) mass is 435 g/mol. The maximum Gasteiger partial charge on any atom is 0.246 e. The van der Waals surface area contributed by atoms with Crippen molar-refractivity contribution in [1.82, 2.24) is 14.4 Å². The minimum absolute atomic E-state index is 0.117. The largest absolute Gasteiger partial charge is 0.497 e. The summed E-state index contributed by atoms with van der Waals surface area (Å²) < 4.78 is 64.5. The maximum atomic E-state index is 14.0. The summed E-state index contributed by atoms with van der Waals surface area (Å²) in [5, 5.41) is 4.00.